The Morgan fingerprint density at radius 2 is 1.77 bits per heavy atom. The number of aromatic nitrogens is 3. The predicted molar refractivity (Wildman–Crippen MR) is 90.1 cm³/mol. The fourth-order valence-electron chi connectivity index (χ4n) is 3.01. The summed E-state index contributed by atoms with van der Waals surface area (Å²) in [7, 11) is 0. The molecule has 0 bridgehead atoms. The number of piperidine rings is 1. The molecular formula is C17H23ClN4. The molecule has 4 nitrogen and oxygen atoms in total. The highest BCUT2D eigenvalue weighted by molar-refractivity contribution is 6.30. The van der Waals surface area contributed by atoms with E-state index in [0.29, 0.717) is 5.92 Å². The van der Waals surface area contributed by atoms with Crippen molar-refractivity contribution in [2.24, 2.45) is 0 Å². The van der Waals surface area contributed by atoms with E-state index in [1.807, 2.05) is 24.3 Å². The summed E-state index contributed by atoms with van der Waals surface area (Å²) in [6.45, 7) is 9.07. The molecule has 1 saturated heterocycles. The molecule has 1 aliphatic heterocycles. The summed E-state index contributed by atoms with van der Waals surface area (Å²) >= 11 is 5.92. The van der Waals surface area contributed by atoms with Gasteiger partial charge < -0.3 is 0 Å². The highest BCUT2D eigenvalue weighted by Gasteiger charge is 2.29. The fraction of sp³-hybridized carbons (Fsp3) is 0.529. The third-order valence-corrected chi connectivity index (χ3v) is 4.69. The number of H-pyrrole nitrogens is 1. The van der Waals surface area contributed by atoms with Crippen LogP contribution in [0.2, 0.25) is 5.02 Å². The Balaban J connectivity index is 1.69. The van der Waals surface area contributed by atoms with E-state index in [1.165, 1.54) is 0 Å². The van der Waals surface area contributed by atoms with Gasteiger partial charge in [0.25, 0.3) is 0 Å². The number of hydrogen-bond acceptors (Lipinski definition) is 3. The Morgan fingerprint density at radius 1 is 1.14 bits per heavy atom. The lowest BCUT2D eigenvalue weighted by Crippen LogP contribution is -2.45. The second-order valence-electron chi connectivity index (χ2n) is 6.98. The molecule has 5 heteroatoms. The quantitative estimate of drug-likeness (QED) is 0.906. The monoisotopic (exact) mass is 318 g/mol. The highest BCUT2D eigenvalue weighted by atomic mass is 35.5. The maximum absolute atomic E-state index is 5.92. The number of hydrogen-bond donors (Lipinski definition) is 1. The second kappa shape index (κ2) is 6.01. The van der Waals surface area contributed by atoms with Crippen molar-refractivity contribution < 1.29 is 0 Å². The lowest BCUT2D eigenvalue weighted by molar-refractivity contribution is 0.101. The van der Waals surface area contributed by atoms with Gasteiger partial charge in [0, 0.05) is 22.0 Å². The molecule has 1 aliphatic rings. The molecule has 1 aromatic carbocycles. The molecule has 0 aliphatic carbocycles. The van der Waals surface area contributed by atoms with Crippen LogP contribution in [0.3, 0.4) is 0 Å². The van der Waals surface area contributed by atoms with Crippen LogP contribution in [0, 0.1) is 0 Å². The number of benzene rings is 1. The third-order valence-electron chi connectivity index (χ3n) is 4.44. The van der Waals surface area contributed by atoms with E-state index in [1.54, 1.807) is 0 Å². The Labute approximate surface area is 136 Å². The molecule has 0 saturated carbocycles. The molecule has 1 fully saturated rings. The van der Waals surface area contributed by atoms with Crippen molar-refractivity contribution in [1.82, 2.24) is 20.1 Å². The first-order valence-corrected chi connectivity index (χ1v) is 8.24. The Morgan fingerprint density at radius 3 is 2.36 bits per heavy atom. The minimum atomic E-state index is 0.251. The van der Waals surface area contributed by atoms with Gasteiger partial charge in [0.1, 0.15) is 5.82 Å². The van der Waals surface area contributed by atoms with Crippen LogP contribution < -0.4 is 0 Å². The molecule has 2 aromatic rings. The first-order chi connectivity index (χ1) is 10.4. The summed E-state index contributed by atoms with van der Waals surface area (Å²) in [4.78, 5) is 7.23. The lowest BCUT2D eigenvalue weighted by atomic mass is 9.92. The topological polar surface area (TPSA) is 44.8 Å². The van der Waals surface area contributed by atoms with E-state index in [4.69, 9.17) is 16.6 Å². The molecule has 0 unspecified atom stereocenters. The summed E-state index contributed by atoms with van der Waals surface area (Å²) in [5.74, 6) is 2.25. The van der Waals surface area contributed by atoms with Gasteiger partial charge in [-0.2, -0.15) is 5.10 Å². The maximum atomic E-state index is 5.92. The first kappa shape index (κ1) is 15.5. The van der Waals surface area contributed by atoms with Crippen LogP contribution in [-0.2, 0) is 0 Å². The second-order valence-corrected chi connectivity index (χ2v) is 7.42. The average Bonchev–Trinajstić information content (AvgIpc) is 2.97. The van der Waals surface area contributed by atoms with Crippen molar-refractivity contribution in [1.29, 1.82) is 0 Å². The zero-order valence-electron chi connectivity index (χ0n) is 13.4. The number of halogens is 1. The summed E-state index contributed by atoms with van der Waals surface area (Å²) < 4.78 is 0. The molecule has 22 heavy (non-hydrogen) atoms. The van der Waals surface area contributed by atoms with Crippen LogP contribution in [0.4, 0.5) is 0 Å². The molecule has 3 rings (SSSR count). The molecular weight excluding hydrogens is 296 g/mol. The third kappa shape index (κ3) is 3.33. The van der Waals surface area contributed by atoms with Crippen LogP contribution >= 0.6 is 11.6 Å². The van der Waals surface area contributed by atoms with Gasteiger partial charge in [-0.1, -0.05) is 11.6 Å². The summed E-state index contributed by atoms with van der Waals surface area (Å²) in [5.41, 5.74) is 1.25. The van der Waals surface area contributed by atoms with E-state index < -0.39 is 0 Å². The van der Waals surface area contributed by atoms with E-state index in [2.05, 4.69) is 35.9 Å². The highest BCUT2D eigenvalue weighted by Crippen LogP contribution is 2.30. The zero-order valence-corrected chi connectivity index (χ0v) is 14.2. The van der Waals surface area contributed by atoms with Gasteiger partial charge in [0.05, 0.1) is 0 Å². The predicted octanol–water partition coefficient (Wildman–Crippen LogP) is 4.10. The molecule has 1 aromatic heterocycles. The van der Waals surface area contributed by atoms with Crippen molar-refractivity contribution in [3.63, 3.8) is 0 Å². The standard InChI is InChI=1S/C17H23ClN4/c1-17(2,3)22-10-8-13(9-11-22)16-19-15(20-21-16)12-4-6-14(18)7-5-12/h4-7,13H,8-11H2,1-3H3,(H,19,20,21). The molecule has 0 amide bonds. The van der Waals surface area contributed by atoms with Crippen molar-refractivity contribution in [2.45, 2.75) is 45.1 Å². The van der Waals surface area contributed by atoms with Crippen LogP contribution in [-0.4, -0.2) is 38.7 Å². The van der Waals surface area contributed by atoms with Crippen LogP contribution in [0.5, 0.6) is 0 Å². The van der Waals surface area contributed by atoms with Gasteiger partial charge in [0.2, 0.25) is 0 Å². The van der Waals surface area contributed by atoms with Crippen molar-refractivity contribution in [3.8, 4) is 11.4 Å². The lowest BCUT2D eigenvalue weighted by Gasteiger charge is -2.40. The minimum absolute atomic E-state index is 0.251. The smallest absolute Gasteiger partial charge is 0.181 e. The maximum Gasteiger partial charge on any atom is 0.181 e. The molecule has 1 N–H and O–H groups in total. The van der Waals surface area contributed by atoms with Crippen molar-refractivity contribution in [3.05, 3.63) is 35.1 Å². The van der Waals surface area contributed by atoms with E-state index in [-0.39, 0.29) is 5.54 Å². The normalized spacial score (nSPS) is 17.8. The summed E-state index contributed by atoms with van der Waals surface area (Å²) in [6.07, 6.45) is 2.26. The SMILES string of the molecule is CC(C)(C)N1CCC(c2nc(-c3ccc(Cl)cc3)n[nH]2)CC1. The molecule has 118 valence electrons. The molecule has 0 radical (unpaired) electrons. The molecule has 0 atom stereocenters. The van der Waals surface area contributed by atoms with Gasteiger partial charge in [-0.15, -0.1) is 0 Å². The average molecular weight is 319 g/mol. The summed E-state index contributed by atoms with van der Waals surface area (Å²) in [5, 5.41) is 8.23. The molecule has 0 spiro atoms. The number of nitrogens with zero attached hydrogens (tertiary/aromatic N) is 3. The Bertz CT molecular complexity index is 619. The number of aromatic amines is 1. The van der Waals surface area contributed by atoms with E-state index in [9.17, 15) is 0 Å². The van der Waals surface area contributed by atoms with Crippen LogP contribution in [0.1, 0.15) is 45.4 Å². The minimum Gasteiger partial charge on any atom is -0.298 e. The van der Waals surface area contributed by atoms with Gasteiger partial charge in [0.15, 0.2) is 5.82 Å². The number of likely N-dealkylation sites (tertiary alicyclic amines) is 1. The van der Waals surface area contributed by atoms with Gasteiger partial charge in [-0.25, -0.2) is 4.98 Å². The largest absolute Gasteiger partial charge is 0.298 e. The molecule has 2 heterocycles. The zero-order chi connectivity index (χ0) is 15.7. The van der Waals surface area contributed by atoms with Crippen LogP contribution in [0.15, 0.2) is 24.3 Å². The first-order valence-electron chi connectivity index (χ1n) is 7.87. The van der Waals surface area contributed by atoms with Gasteiger partial charge in [-0.05, 0) is 71.0 Å². The Hall–Kier alpha value is -1.39. The van der Waals surface area contributed by atoms with Crippen molar-refractivity contribution in [2.75, 3.05) is 13.1 Å². The van der Waals surface area contributed by atoms with E-state index in [0.717, 1.165) is 48.2 Å². The Kier molecular flexibility index (Phi) is 4.24. The number of nitrogens with one attached hydrogen (secondary N) is 1. The van der Waals surface area contributed by atoms with E-state index >= 15 is 0 Å². The van der Waals surface area contributed by atoms with Gasteiger partial charge in [-0.3, -0.25) is 10.00 Å². The van der Waals surface area contributed by atoms with Gasteiger partial charge >= 0.3 is 0 Å². The number of rotatable bonds is 2. The fourth-order valence-corrected chi connectivity index (χ4v) is 3.13. The van der Waals surface area contributed by atoms with Crippen LogP contribution in [0.25, 0.3) is 11.4 Å². The van der Waals surface area contributed by atoms with Crippen molar-refractivity contribution >= 4 is 11.6 Å². The summed E-state index contributed by atoms with van der Waals surface area (Å²) in [6, 6.07) is 7.65.